The topological polar surface area (TPSA) is 99.9 Å². The summed E-state index contributed by atoms with van der Waals surface area (Å²) >= 11 is 0. The normalized spacial score (nSPS) is 15.2. The molecule has 1 aliphatic rings. The second-order valence-corrected chi connectivity index (χ2v) is 8.35. The van der Waals surface area contributed by atoms with Crippen LogP contribution in [0, 0.1) is 0 Å². The van der Waals surface area contributed by atoms with Crippen molar-refractivity contribution in [3.8, 4) is 17.4 Å². The first-order valence-corrected chi connectivity index (χ1v) is 11.4. The number of amides is 2. The number of phenolic OH excluding ortho intramolecular Hbond substituents is 1. The number of benzene rings is 2. The first-order chi connectivity index (χ1) is 18.3. The molecule has 5 rings (SSSR count). The summed E-state index contributed by atoms with van der Waals surface area (Å²) in [5.41, 5.74) is 1.39. The summed E-state index contributed by atoms with van der Waals surface area (Å²) in [6.07, 6.45) is 0.466. The predicted molar refractivity (Wildman–Crippen MR) is 133 cm³/mol. The Balaban J connectivity index is 1.33. The van der Waals surface area contributed by atoms with Crippen LogP contribution in [0.15, 0.2) is 96.5 Å². The van der Waals surface area contributed by atoms with Crippen LogP contribution in [0.4, 0.5) is 23.7 Å². The van der Waals surface area contributed by atoms with E-state index in [0.29, 0.717) is 23.4 Å². The largest absolute Gasteiger partial charge is 0.508 e. The molecule has 1 aliphatic heterocycles. The van der Waals surface area contributed by atoms with Crippen LogP contribution < -0.4 is 10.1 Å². The number of aromatic hydroxyl groups is 1. The number of para-hydroxylation sites is 1. The third kappa shape index (κ3) is 5.41. The van der Waals surface area contributed by atoms with Crippen molar-refractivity contribution in [3.63, 3.8) is 0 Å². The molecule has 8 nitrogen and oxygen atoms in total. The second kappa shape index (κ2) is 10.2. The van der Waals surface area contributed by atoms with E-state index in [1.807, 2.05) is 6.07 Å². The van der Waals surface area contributed by atoms with E-state index in [4.69, 9.17) is 4.74 Å². The van der Waals surface area contributed by atoms with Gasteiger partial charge in [-0.25, -0.2) is 14.8 Å². The number of alkyl halides is 3. The summed E-state index contributed by atoms with van der Waals surface area (Å²) in [6.45, 7) is 0. The van der Waals surface area contributed by atoms with Crippen LogP contribution in [0.3, 0.4) is 0 Å². The summed E-state index contributed by atoms with van der Waals surface area (Å²) < 4.78 is 44.3. The number of nitrogens with zero attached hydrogens (tertiary/aromatic N) is 4. The highest BCUT2D eigenvalue weighted by molar-refractivity contribution is 6.04. The van der Waals surface area contributed by atoms with Crippen LogP contribution in [0.1, 0.15) is 29.2 Å². The first kappa shape index (κ1) is 24.8. The number of pyridine rings is 2. The molecule has 1 unspecified atom stereocenters. The fourth-order valence-corrected chi connectivity index (χ4v) is 3.97. The van der Waals surface area contributed by atoms with Crippen molar-refractivity contribution in [1.82, 2.24) is 15.0 Å². The number of rotatable bonds is 5. The Bertz CT molecular complexity index is 1480. The van der Waals surface area contributed by atoms with Crippen molar-refractivity contribution in [2.75, 3.05) is 5.32 Å². The number of halogens is 3. The number of hydrogen-bond donors (Lipinski definition) is 2. The van der Waals surface area contributed by atoms with E-state index in [1.54, 1.807) is 42.7 Å². The number of carbonyl (C=O) groups is 1. The van der Waals surface area contributed by atoms with Gasteiger partial charge < -0.3 is 15.2 Å². The van der Waals surface area contributed by atoms with Gasteiger partial charge in [-0.2, -0.15) is 18.3 Å². The molecule has 0 saturated heterocycles. The molecule has 0 radical (unpaired) electrons. The molecular weight excluding hydrogens is 499 g/mol. The lowest BCUT2D eigenvalue weighted by Crippen LogP contribution is -2.31. The van der Waals surface area contributed by atoms with E-state index >= 15 is 0 Å². The number of urea groups is 1. The van der Waals surface area contributed by atoms with Gasteiger partial charge in [-0.3, -0.25) is 4.98 Å². The number of aromatic nitrogens is 2. The van der Waals surface area contributed by atoms with Crippen molar-refractivity contribution in [2.45, 2.75) is 18.6 Å². The van der Waals surface area contributed by atoms with Crippen LogP contribution in [0.25, 0.3) is 0 Å². The summed E-state index contributed by atoms with van der Waals surface area (Å²) in [5.74, 6) is 0.0621. The van der Waals surface area contributed by atoms with Crippen LogP contribution in [0.5, 0.6) is 17.4 Å². The van der Waals surface area contributed by atoms with Crippen molar-refractivity contribution in [2.24, 2.45) is 5.10 Å². The highest BCUT2D eigenvalue weighted by Crippen LogP contribution is 2.37. The number of hydrazone groups is 1. The van der Waals surface area contributed by atoms with Crippen molar-refractivity contribution in [3.05, 3.63) is 108 Å². The SMILES string of the molecule is O=C(Nc1ccc(Oc2cccc(C(F)(F)F)c2)nc1)N1N=C(c2cccnc2)CC1c1ccccc1O. The van der Waals surface area contributed by atoms with Gasteiger partial charge in [-0.05, 0) is 36.4 Å². The van der Waals surface area contributed by atoms with Crippen LogP contribution in [-0.4, -0.2) is 31.8 Å². The average molecular weight is 519 g/mol. The molecule has 3 heterocycles. The van der Waals surface area contributed by atoms with Gasteiger partial charge in [0.15, 0.2) is 0 Å². The maximum Gasteiger partial charge on any atom is 0.416 e. The Labute approximate surface area is 215 Å². The second-order valence-electron chi connectivity index (χ2n) is 8.35. The predicted octanol–water partition coefficient (Wildman–Crippen LogP) is 6.38. The zero-order valence-corrected chi connectivity index (χ0v) is 19.6. The minimum atomic E-state index is -4.50. The van der Waals surface area contributed by atoms with Crippen molar-refractivity contribution in [1.29, 1.82) is 0 Å². The summed E-state index contributed by atoms with van der Waals surface area (Å²) in [5, 5.41) is 18.9. The Hall–Kier alpha value is -4.93. The summed E-state index contributed by atoms with van der Waals surface area (Å²) in [7, 11) is 0. The number of phenols is 1. The maximum absolute atomic E-state index is 13.2. The average Bonchev–Trinajstić information content (AvgIpc) is 3.36. The lowest BCUT2D eigenvalue weighted by Gasteiger charge is -2.23. The molecule has 0 fully saturated rings. The highest BCUT2D eigenvalue weighted by Gasteiger charge is 2.35. The van der Waals surface area contributed by atoms with Crippen LogP contribution >= 0.6 is 0 Å². The Morgan fingerprint density at radius 3 is 2.58 bits per heavy atom. The quantitative estimate of drug-likeness (QED) is 0.319. The third-order valence-electron chi connectivity index (χ3n) is 5.78. The number of carbonyl (C=O) groups excluding carboxylic acids is 1. The molecule has 192 valence electrons. The molecule has 2 amide bonds. The Morgan fingerprint density at radius 2 is 1.87 bits per heavy atom. The minimum Gasteiger partial charge on any atom is -0.508 e. The minimum absolute atomic E-state index is 0.0241. The van der Waals surface area contributed by atoms with E-state index in [-0.39, 0.29) is 17.4 Å². The first-order valence-electron chi connectivity index (χ1n) is 11.4. The summed E-state index contributed by atoms with van der Waals surface area (Å²) in [6, 6.07) is 16.6. The maximum atomic E-state index is 13.2. The molecule has 0 spiro atoms. The number of anilines is 1. The highest BCUT2D eigenvalue weighted by atomic mass is 19.4. The molecule has 0 aliphatic carbocycles. The Morgan fingerprint density at radius 1 is 1.03 bits per heavy atom. The third-order valence-corrected chi connectivity index (χ3v) is 5.78. The molecule has 2 aromatic carbocycles. The summed E-state index contributed by atoms with van der Waals surface area (Å²) in [4.78, 5) is 21.4. The van der Waals surface area contributed by atoms with Gasteiger partial charge in [-0.1, -0.05) is 30.3 Å². The molecule has 0 saturated carbocycles. The van der Waals surface area contributed by atoms with E-state index in [0.717, 1.165) is 17.7 Å². The number of hydrogen-bond acceptors (Lipinski definition) is 6. The molecule has 4 aromatic rings. The molecule has 2 N–H and O–H groups in total. The zero-order valence-electron chi connectivity index (χ0n) is 19.6. The standard InChI is InChI=1S/C27H20F3N5O3/c28-27(29,30)18-6-3-7-20(13-18)38-25-11-10-19(16-32-25)33-26(37)35-23(21-8-1-2-9-24(21)36)14-22(34-35)17-5-4-12-31-15-17/h1-13,15-16,23,36H,14H2,(H,33,37). The fourth-order valence-electron chi connectivity index (χ4n) is 3.97. The van der Waals surface area contributed by atoms with E-state index in [2.05, 4.69) is 20.4 Å². The molecule has 11 heteroatoms. The monoisotopic (exact) mass is 519 g/mol. The number of ether oxygens (including phenoxy) is 1. The van der Waals surface area contributed by atoms with Crippen LogP contribution in [-0.2, 0) is 6.18 Å². The lowest BCUT2D eigenvalue weighted by atomic mass is 9.98. The van der Waals surface area contributed by atoms with Gasteiger partial charge in [0.25, 0.3) is 0 Å². The van der Waals surface area contributed by atoms with E-state index in [9.17, 15) is 23.1 Å². The van der Waals surface area contributed by atoms with Gasteiger partial charge in [0.2, 0.25) is 5.88 Å². The van der Waals surface area contributed by atoms with Crippen molar-refractivity contribution >= 4 is 17.4 Å². The van der Waals surface area contributed by atoms with Crippen molar-refractivity contribution < 1.29 is 27.8 Å². The molecule has 0 bridgehead atoms. The van der Waals surface area contributed by atoms with Crippen LogP contribution in [0.2, 0.25) is 0 Å². The molecular formula is C27H20F3N5O3. The number of nitrogens with one attached hydrogen (secondary N) is 1. The molecule has 1 atom stereocenters. The molecule has 2 aromatic heterocycles. The van der Waals surface area contributed by atoms with E-state index < -0.39 is 23.8 Å². The van der Waals surface area contributed by atoms with Gasteiger partial charge >= 0.3 is 12.2 Å². The Kier molecular flexibility index (Phi) is 6.65. The zero-order chi connectivity index (χ0) is 26.7. The van der Waals surface area contributed by atoms with Gasteiger partial charge in [0, 0.05) is 36.0 Å². The molecule has 38 heavy (non-hydrogen) atoms. The lowest BCUT2D eigenvalue weighted by molar-refractivity contribution is -0.137. The van der Waals surface area contributed by atoms with Gasteiger partial charge in [0.05, 0.1) is 29.2 Å². The fraction of sp³-hybridized carbons (Fsp3) is 0.111. The van der Waals surface area contributed by atoms with Gasteiger partial charge in [0.1, 0.15) is 11.5 Å². The smallest absolute Gasteiger partial charge is 0.416 e. The van der Waals surface area contributed by atoms with E-state index in [1.165, 1.54) is 35.5 Å². The van der Waals surface area contributed by atoms with Gasteiger partial charge in [-0.15, -0.1) is 0 Å².